The van der Waals surface area contributed by atoms with Crippen LogP contribution in [0, 0.1) is 6.92 Å². The molecule has 0 fully saturated rings. The van der Waals surface area contributed by atoms with Gasteiger partial charge in [-0.3, -0.25) is 0 Å². The summed E-state index contributed by atoms with van der Waals surface area (Å²) in [6.07, 6.45) is -5.48. The van der Waals surface area contributed by atoms with Crippen LogP contribution in [0.15, 0.2) is 52.9 Å². The third kappa shape index (κ3) is 4.67. The molecule has 1 atom stereocenters. The number of nitrogens with zero attached hydrogens (tertiary/aromatic N) is 2. The zero-order chi connectivity index (χ0) is 20.3. The maximum atomic E-state index is 12.7. The minimum Gasteiger partial charge on any atom is -0.465 e. The molecule has 0 bridgehead atoms. The smallest absolute Gasteiger partial charge is 0.416 e. The molecule has 3 aromatic rings. The van der Waals surface area contributed by atoms with Crippen LogP contribution in [0.1, 0.15) is 29.0 Å². The van der Waals surface area contributed by atoms with Crippen LogP contribution in [0.5, 0.6) is 0 Å². The monoisotopic (exact) mass is 391 g/mol. The fraction of sp³-hybridized carbons (Fsp3) is 0.211. The fourth-order valence-corrected chi connectivity index (χ4v) is 2.78. The van der Waals surface area contributed by atoms with E-state index in [1.165, 1.54) is 12.1 Å². The average molecular weight is 391 g/mol. The lowest BCUT2D eigenvalue weighted by atomic mass is 9.97. The zero-order valence-corrected chi connectivity index (χ0v) is 14.7. The highest BCUT2D eigenvalue weighted by Gasteiger charge is 2.30. The zero-order valence-electron chi connectivity index (χ0n) is 14.7. The number of aryl methyl sites for hydroxylation is 1. The van der Waals surface area contributed by atoms with E-state index in [9.17, 15) is 18.0 Å². The lowest BCUT2D eigenvalue weighted by Gasteiger charge is -2.17. The van der Waals surface area contributed by atoms with Gasteiger partial charge in [0, 0.05) is 6.92 Å². The maximum Gasteiger partial charge on any atom is 0.416 e. The van der Waals surface area contributed by atoms with Crippen molar-refractivity contribution in [3.63, 3.8) is 0 Å². The van der Waals surface area contributed by atoms with E-state index in [0.29, 0.717) is 22.6 Å². The van der Waals surface area contributed by atoms with E-state index < -0.39 is 23.9 Å². The standard InChI is InChI=1S/C19H16F3N3O3/c1-11-24-25-17(28-11)10-16(23-18(26)27)14-4-2-3-13(9-14)12-5-7-15(8-6-12)19(20,21)22/h2-9,16,23H,10H2,1H3,(H,26,27). The SMILES string of the molecule is Cc1nnc(CC(NC(=O)O)c2cccc(-c3ccc(C(F)(F)F)cc3)c2)o1. The second-order valence-corrected chi connectivity index (χ2v) is 6.12. The van der Waals surface area contributed by atoms with Gasteiger partial charge in [0.15, 0.2) is 0 Å². The second kappa shape index (κ2) is 7.71. The first-order valence-electron chi connectivity index (χ1n) is 8.28. The van der Waals surface area contributed by atoms with E-state index >= 15 is 0 Å². The van der Waals surface area contributed by atoms with Gasteiger partial charge in [0.2, 0.25) is 11.8 Å². The number of carbonyl (C=O) groups is 1. The van der Waals surface area contributed by atoms with Gasteiger partial charge in [-0.05, 0) is 34.9 Å². The predicted octanol–water partition coefficient (Wildman–Crippen LogP) is 4.62. The summed E-state index contributed by atoms with van der Waals surface area (Å²) in [6.45, 7) is 1.63. The molecule has 6 nitrogen and oxygen atoms in total. The molecule has 0 aliphatic rings. The number of nitrogens with one attached hydrogen (secondary N) is 1. The van der Waals surface area contributed by atoms with E-state index in [4.69, 9.17) is 9.52 Å². The number of hydrogen-bond donors (Lipinski definition) is 2. The molecule has 3 rings (SSSR count). The van der Waals surface area contributed by atoms with Crippen molar-refractivity contribution in [1.82, 2.24) is 15.5 Å². The molecule has 1 unspecified atom stereocenters. The number of alkyl halides is 3. The Balaban J connectivity index is 1.89. The highest BCUT2D eigenvalue weighted by molar-refractivity contribution is 5.67. The fourth-order valence-electron chi connectivity index (χ4n) is 2.78. The minimum absolute atomic E-state index is 0.142. The highest BCUT2D eigenvalue weighted by atomic mass is 19.4. The highest BCUT2D eigenvalue weighted by Crippen LogP contribution is 2.31. The molecule has 1 heterocycles. The molecule has 0 radical (unpaired) electrons. The van der Waals surface area contributed by atoms with Crippen LogP contribution in [-0.4, -0.2) is 21.4 Å². The van der Waals surface area contributed by atoms with Gasteiger partial charge in [-0.2, -0.15) is 13.2 Å². The normalized spacial score (nSPS) is 12.6. The van der Waals surface area contributed by atoms with Crippen molar-refractivity contribution < 1.29 is 27.5 Å². The number of amides is 1. The van der Waals surface area contributed by atoms with Crippen molar-refractivity contribution in [2.75, 3.05) is 0 Å². The molecular formula is C19H16F3N3O3. The van der Waals surface area contributed by atoms with Crippen molar-refractivity contribution in [3.8, 4) is 11.1 Å². The number of benzene rings is 2. The van der Waals surface area contributed by atoms with Gasteiger partial charge in [-0.15, -0.1) is 10.2 Å². The Labute approximate surface area is 158 Å². The second-order valence-electron chi connectivity index (χ2n) is 6.12. The van der Waals surface area contributed by atoms with Crippen molar-refractivity contribution in [3.05, 3.63) is 71.4 Å². The van der Waals surface area contributed by atoms with E-state index in [0.717, 1.165) is 12.1 Å². The van der Waals surface area contributed by atoms with Crippen LogP contribution >= 0.6 is 0 Å². The molecule has 0 saturated carbocycles. The molecule has 28 heavy (non-hydrogen) atoms. The van der Waals surface area contributed by atoms with Crippen molar-refractivity contribution in [1.29, 1.82) is 0 Å². The summed E-state index contributed by atoms with van der Waals surface area (Å²) in [5.74, 6) is 0.638. The van der Waals surface area contributed by atoms with Crippen LogP contribution < -0.4 is 5.32 Å². The molecule has 0 aliphatic heterocycles. The van der Waals surface area contributed by atoms with Gasteiger partial charge >= 0.3 is 12.3 Å². The first kappa shape index (κ1) is 19.4. The van der Waals surface area contributed by atoms with Gasteiger partial charge in [0.1, 0.15) is 0 Å². The molecular weight excluding hydrogens is 375 g/mol. The lowest BCUT2D eigenvalue weighted by Crippen LogP contribution is -2.28. The third-order valence-corrected chi connectivity index (χ3v) is 4.08. The van der Waals surface area contributed by atoms with Gasteiger partial charge < -0.3 is 14.8 Å². The Kier molecular flexibility index (Phi) is 5.34. The van der Waals surface area contributed by atoms with Crippen LogP contribution in [0.3, 0.4) is 0 Å². The van der Waals surface area contributed by atoms with Crippen molar-refractivity contribution in [2.45, 2.75) is 25.6 Å². The Morgan fingerprint density at radius 1 is 1.14 bits per heavy atom. The summed E-state index contributed by atoms with van der Waals surface area (Å²) in [7, 11) is 0. The van der Waals surface area contributed by atoms with Crippen LogP contribution in [-0.2, 0) is 12.6 Å². The van der Waals surface area contributed by atoms with E-state index in [2.05, 4.69) is 15.5 Å². The summed E-state index contributed by atoms with van der Waals surface area (Å²) < 4.78 is 43.5. The summed E-state index contributed by atoms with van der Waals surface area (Å²) in [4.78, 5) is 11.2. The summed E-state index contributed by atoms with van der Waals surface area (Å²) in [6, 6.07) is 11.0. The minimum atomic E-state index is -4.40. The van der Waals surface area contributed by atoms with Crippen LogP contribution in [0.4, 0.5) is 18.0 Å². The Morgan fingerprint density at radius 3 is 2.43 bits per heavy atom. The Hall–Kier alpha value is -3.36. The number of hydrogen-bond acceptors (Lipinski definition) is 4. The lowest BCUT2D eigenvalue weighted by molar-refractivity contribution is -0.137. The third-order valence-electron chi connectivity index (χ3n) is 4.08. The van der Waals surface area contributed by atoms with Gasteiger partial charge in [-0.1, -0.05) is 30.3 Å². The predicted molar refractivity (Wildman–Crippen MR) is 93.5 cm³/mol. The Bertz CT molecular complexity index is 968. The van der Waals surface area contributed by atoms with Crippen LogP contribution in [0.25, 0.3) is 11.1 Å². The maximum absolute atomic E-state index is 12.7. The largest absolute Gasteiger partial charge is 0.465 e. The molecule has 2 aromatic carbocycles. The van der Waals surface area contributed by atoms with Crippen molar-refractivity contribution in [2.24, 2.45) is 0 Å². The van der Waals surface area contributed by atoms with Crippen molar-refractivity contribution >= 4 is 6.09 Å². The van der Waals surface area contributed by atoms with E-state index in [1.54, 1.807) is 31.2 Å². The number of aromatic nitrogens is 2. The summed E-state index contributed by atoms with van der Waals surface area (Å²) >= 11 is 0. The number of rotatable bonds is 5. The Morgan fingerprint density at radius 2 is 1.86 bits per heavy atom. The molecule has 2 N–H and O–H groups in total. The molecule has 9 heteroatoms. The van der Waals surface area contributed by atoms with Gasteiger partial charge in [0.05, 0.1) is 18.0 Å². The summed E-state index contributed by atoms with van der Waals surface area (Å²) in [5, 5.41) is 19.1. The molecule has 0 aliphatic carbocycles. The molecule has 0 saturated heterocycles. The van der Waals surface area contributed by atoms with E-state index in [-0.39, 0.29) is 12.3 Å². The number of carboxylic acid groups (broad SMARTS) is 1. The molecule has 146 valence electrons. The molecule has 1 aromatic heterocycles. The average Bonchev–Trinajstić information content (AvgIpc) is 3.05. The first-order valence-corrected chi connectivity index (χ1v) is 8.28. The van der Waals surface area contributed by atoms with E-state index in [1.807, 2.05) is 0 Å². The summed E-state index contributed by atoms with van der Waals surface area (Å²) in [5.41, 5.74) is 1.13. The topological polar surface area (TPSA) is 88.2 Å². The number of halogens is 3. The molecule has 0 spiro atoms. The first-order chi connectivity index (χ1) is 13.2. The van der Waals surface area contributed by atoms with Gasteiger partial charge in [0.25, 0.3) is 0 Å². The quantitative estimate of drug-likeness (QED) is 0.663. The van der Waals surface area contributed by atoms with Crippen LogP contribution in [0.2, 0.25) is 0 Å². The molecule has 1 amide bonds. The van der Waals surface area contributed by atoms with Gasteiger partial charge in [-0.25, -0.2) is 4.79 Å².